The Morgan fingerprint density at radius 2 is 1.74 bits per heavy atom. The molecule has 1 amide bonds. The fourth-order valence-electron chi connectivity index (χ4n) is 3.16. The van der Waals surface area contributed by atoms with E-state index in [9.17, 15) is 4.79 Å². The van der Waals surface area contributed by atoms with Gasteiger partial charge >= 0.3 is 0 Å². The summed E-state index contributed by atoms with van der Waals surface area (Å²) in [5.74, 6) is 0.0666. The summed E-state index contributed by atoms with van der Waals surface area (Å²) in [5.41, 5.74) is 2.02. The minimum absolute atomic E-state index is 0.0666. The summed E-state index contributed by atoms with van der Waals surface area (Å²) in [6, 6.07) is 17.7. The molecule has 2 aliphatic heterocycles. The van der Waals surface area contributed by atoms with E-state index < -0.39 is 5.72 Å². The molecule has 0 aliphatic carbocycles. The molecule has 0 radical (unpaired) electrons. The average molecular weight is 251 g/mol. The Kier molecular flexibility index (Phi) is 2.09. The van der Waals surface area contributed by atoms with Gasteiger partial charge in [-0.3, -0.25) is 9.69 Å². The Labute approximate surface area is 111 Å². The lowest BCUT2D eigenvalue weighted by Crippen LogP contribution is -2.40. The number of fused-ring (bicyclic) bond motifs is 3. The zero-order chi connectivity index (χ0) is 12.9. The van der Waals surface area contributed by atoms with Crippen LogP contribution in [0.15, 0.2) is 54.6 Å². The van der Waals surface area contributed by atoms with Crippen molar-refractivity contribution in [2.75, 3.05) is 13.2 Å². The first-order chi connectivity index (χ1) is 9.34. The molecule has 19 heavy (non-hydrogen) atoms. The number of carbonyl (C=O) groups excluding carboxylic acids is 1. The first kappa shape index (κ1) is 10.8. The Hall–Kier alpha value is -2.13. The van der Waals surface area contributed by atoms with Crippen molar-refractivity contribution in [3.05, 3.63) is 71.3 Å². The molecule has 2 aromatic rings. The number of hydrogen-bond donors (Lipinski definition) is 0. The van der Waals surface area contributed by atoms with Crippen molar-refractivity contribution < 1.29 is 9.53 Å². The summed E-state index contributed by atoms with van der Waals surface area (Å²) in [7, 11) is 0. The van der Waals surface area contributed by atoms with Crippen LogP contribution >= 0.6 is 0 Å². The van der Waals surface area contributed by atoms with E-state index >= 15 is 0 Å². The van der Waals surface area contributed by atoms with E-state index in [1.165, 1.54) is 0 Å². The minimum atomic E-state index is -0.713. The maximum Gasteiger partial charge on any atom is 0.257 e. The second-order valence-corrected chi connectivity index (χ2v) is 4.86. The quantitative estimate of drug-likeness (QED) is 0.778. The molecule has 1 fully saturated rings. The summed E-state index contributed by atoms with van der Waals surface area (Å²) in [4.78, 5) is 14.3. The van der Waals surface area contributed by atoms with Crippen molar-refractivity contribution >= 4 is 5.91 Å². The highest BCUT2D eigenvalue weighted by atomic mass is 16.5. The van der Waals surface area contributed by atoms with Gasteiger partial charge in [0.15, 0.2) is 5.72 Å². The highest BCUT2D eigenvalue weighted by Gasteiger charge is 2.54. The van der Waals surface area contributed by atoms with Gasteiger partial charge in [0.25, 0.3) is 5.91 Å². The molecule has 0 spiro atoms. The Bertz CT molecular complexity index is 653. The molecule has 2 aliphatic rings. The van der Waals surface area contributed by atoms with E-state index in [2.05, 4.69) is 0 Å². The van der Waals surface area contributed by atoms with E-state index in [0.717, 1.165) is 16.7 Å². The number of rotatable bonds is 1. The predicted octanol–water partition coefficient (Wildman–Crippen LogP) is 2.37. The third-order valence-corrected chi connectivity index (χ3v) is 3.94. The number of carbonyl (C=O) groups is 1. The van der Waals surface area contributed by atoms with Crippen molar-refractivity contribution in [2.24, 2.45) is 0 Å². The number of amides is 1. The second kappa shape index (κ2) is 3.68. The fraction of sp³-hybridized carbons (Fsp3) is 0.188. The number of hydrogen-bond acceptors (Lipinski definition) is 2. The van der Waals surface area contributed by atoms with Gasteiger partial charge in [0, 0.05) is 23.2 Å². The molecule has 94 valence electrons. The molecular formula is C16H13NO2. The van der Waals surface area contributed by atoms with Gasteiger partial charge in [-0.1, -0.05) is 48.5 Å². The summed E-state index contributed by atoms with van der Waals surface area (Å²) in [5, 5.41) is 0. The molecule has 1 unspecified atom stereocenters. The molecule has 0 saturated carbocycles. The van der Waals surface area contributed by atoms with Gasteiger partial charge in [0.2, 0.25) is 0 Å². The number of ether oxygens (including phenoxy) is 1. The molecule has 0 N–H and O–H groups in total. The fourth-order valence-corrected chi connectivity index (χ4v) is 3.16. The van der Waals surface area contributed by atoms with E-state index in [-0.39, 0.29) is 5.91 Å². The highest BCUT2D eigenvalue weighted by Crippen LogP contribution is 2.47. The monoisotopic (exact) mass is 251 g/mol. The Balaban J connectivity index is 2.02. The summed E-state index contributed by atoms with van der Waals surface area (Å²) < 4.78 is 6.05. The summed E-state index contributed by atoms with van der Waals surface area (Å²) in [6.45, 7) is 1.22. The van der Waals surface area contributed by atoms with Crippen LogP contribution in [-0.4, -0.2) is 24.0 Å². The maximum absolute atomic E-state index is 12.5. The lowest BCUT2D eigenvalue weighted by molar-refractivity contribution is -0.0304. The Morgan fingerprint density at radius 1 is 1.00 bits per heavy atom. The van der Waals surface area contributed by atoms with Gasteiger partial charge in [-0.25, -0.2) is 0 Å². The van der Waals surface area contributed by atoms with E-state index in [4.69, 9.17) is 4.74 Å². The molecule has 1 atom stereocenters. The standard InChI is InChI=1S/C16H13NO2/c18-15-13-8-4-5-9-14(13)16(17(15)10-11-19-16)12-6-2-1-3-7-12/h1-9H,10-11H2. The lowest BCUT2D eigenvalue weighted by atomic mass is 9.94. The Morgan fingerprint density at radius 3 is 2.58 bits per heavy atom. The normalized spacial score (nSPS) is 24.4. The van der Waals surface area contributed by atoms with Crippen molar-refractivity contribution in [3.63, 3.8) is 0 Å². The molecule has 0 bridgehead atoms. The van der Waals surface area contributed by atoms with Gasteiger partial charge in [-0.15, -0.1) is 0 Å². The minimum Gasteiger partial charge on any atom is -0.345 e. The van der Waals surface area contributed by atoms with Crippen molar-refractivity contribution in [2.45, 2.75) is 5.72 Å². The molecular weight excluding hydrogens is 238 g/mol. The third-order valence-electron chi connectivity index (χ3n) is 3.94. The maximum atomic E-state index is 12.5. The SMILES string of the molecule is O=C1c2ccccc2C2(c3ccccc3)OCCN12. The van der Waals surface area contributed by atoms with E-state index in [1.807, 2.05) is 59.5 Å². The van der Waals surface area contributed by atoms with Crippen LogP contribution in [0.1, 0.15) is 21.5 Å². The number of benzene rings is 2. The van der Waals surface area contributed by atoms with Crippen LogP contribution in [0.3, 0.4) is 0 Å². The molecule has 2 heterocycles. The molecule has 4 rings (SSSR count). The van der Waals surface area contributed by atoms with Crippen LogP contribution in [-0.2, 0) is 10.5 Å². The smallest absolute Gasteiger partial charge is 0.257 e. The topological polar surface area (TPSA) is 29.5 Å². The number of nitrogens with zero attached hydrogens (tertiary/aromatic N) is 1. The van der Waals surface area contributed by atoms with Gasteiger partial charge in [-0.2, -0.15) is 0 Å². The molecule has 1 saturated heterocycles. The van der Waals surface area contributed by atoms with Gasteiger partial charge in [-0.05, 0) is 6.07 Å². The van der Waals surface area contributed by atoms with Crippen molar-refractivity contribution in [1.82, 2.24) is 4.90 Å². The van der Waals surface area contributed by atoms with Crippen LogP contribution in [0.5, 0.6) is 0 Å². The van der Waals surface area contributed by atoms with Gasteiger partial charge in [0.05, 0.1) is 6.61 Å². The van der Waals surface area contributed by atoms with Crippen LogP contribution in [0, 0.1) is 0 Å². The summed E-state index contributed by atoms with van der Waals surface area (Å²) in [6.07, 6.45) is 0. The molecule has 0 aromatic heterocycles. The van der Waals surface area contributed by atoms with Crippen molar-refractivity contribution in [3.8, 4) is 0 Å². The molecule has 2 aromatic carbocycles. The second-order valence-electron chi connectivity index (χ2n) is 4.86. The largest absolute Gasteiger partial charge is 0.345 e. The van der Waals surface area contributed by atoms with E-state index in [0.29, 0.717) is 13.2 Å². The molecule has 3 heteroatoms. The zero-order valence-corrected chi connectivity index (χ0v) is 10.4. The highest BCUT2D eigenvalue weighted by molar-refractivity contribution is 6.00. The van der Waals surface area contributed by atoms with Gasteiger partial charge in [0.1, 0.15) is 0 Å². The zero-order valence-electron chi connectivity index (χ0n) is 10.4. The van der Waals surface area contributed by atoms with Crippen molar-refractivity contribution in [1.29, 1.82) is 0 Å². The summed E-state index contributed by atoms with van der Waals surface area (Å²) >= 11 is 0. The molecule has 3 nitrogen and oxygen atoms in total. The first-order valence-electron chi connectivity index (χ1n) is 6.45. The third kappa shape index (κ3) is 1.23. The average Bonchev–Trinajstić information content (AvgIpc) is 3.01. The van der Waals surface area contributed by atoms with Crippen LogP contribution in [0.2, 0.25) is 0 Å². The van der Waals surface area contributed by atoms with Crippen LogP contribution < -0.4 is 0 Å². The lowest BCUT2D eigenvalue weighted by Gasteiger charge is -2.31. The van der Waals surface area contributed by atoms with Gasteiger partial charge < -0.3 is 4.74 Å². The van der Waals surface area contributed by atoms with E-state index in [1.54, 1.807) is 0 Å². The van der Waals surface area contributed by atoms with Crippen LogP contribution in [0.4, 0.5) is 0 Å². The van der Waals surface area contributed by atoms with Crippen LogP contribution in [0.25, 0.3) is 0 Å². The first-order valence-corrected chi connectivity index (χ1v) is 6.45. The predicted molar refractivity (Wildman–Crippen MR) is 70.7 cm³/mol.